The van der Waals surface area contributed by atoms with Crippen molar-refractivity contribution in [2.45, 2.75) is 134 Å². The summed E-state index contributed by atoms with van der Waals surface area (Å²) >= 11 is 0.765. The van der Waals surface area contributed by atoms with E-state index in [1.165, 1.54) is 46.8 Å². The Kier molecular flexibility index (Phi) is 31.6. The molecule has 12 amide bonds. The maximum Gasteiger partial charge on any atom is 0.320 e. The maximum atomic E-state index is 14.6. The highest BCUT2D eigenvalue weighted by Crippen LogP contribution is 2.18. The number of nitrogens with one attached hydrogen (secondary N) is 8. The minimum Gasteiger partial charge on any atom is -0.394 e. The van der Waals surface area contributed by atoms with Gasteiger partial charge in [0.1, 0.15) is 54.4 Å². The summed E-state index contributed by atoms with van der Waals surface area (Å²) < 4.78 is 5.39. The van der Waals surface area contributed by atoms with Crippen LogP contribution >= 0.6 is 12.0 Å². The second-order valence-corrected chi connectivity index (χ2v) is 22.9. The quantitative estimate of drug-likeness (QED) is 0.0283. The lowest BCUT2D eigenvalue weighted by Crippen LogP contribution is -2.61. The Morgan fingerprint density at radius 1 is 0.522 bits per heavy atom. The van der Waals surface area contributed by atoms with Gasteiger partial charge in [-0.1, -0.05) is 119 Å². The zero-order chi connectivity index (χ0) is 67.4. The Morgan fingerprint density at radius 3 is 1.59 bits per heavy atom. The van der Waals surface area contributed by atoms with Crippen LogP contribution in [0.5, 0.6) is 0 Å². The van der Waals surface area contributed by atoms with E-state index in [0.29, 0.717) is 11.1 Å². The van der Waals surface area contributed by atoms with Crippen molar-refractivity contribution in [3.05, 3.63) is 108 Å². The monoisotopic (exact) mass is 1270 g/mol. The van der Waals surface area contributed by atoms with Gasteiger partial charge in [0, 0.05) is 34.0 Å². The van der Waals surface area contributed by atoms with Gasteiger partial charge < -0.3 is 78.0 Å². The molecule has 29 heteroatoms. The van der Waals surface area contributed by atoms with Crippen molar-refractivity contribution in [1.29, 1.82) is 0 Å². The number of likely N-dealkylation sites (N-methyl/N-ethyl adjacent to an activating group) is 3. The molecule has 0 aliphatic rings. The van der Waals surface area contributed by atoms with Crippen LogP contribution in [0.3, 0.4) is 0 Å². The normalized spacial score (nSPS) is 14.0. The second kappa shape index (κ2) is 37.8. The Labute approximate surface area is 528 Å². The number of aliphatic hydroxyl groups excluding tert-OH is 1. The fourth-order valence-electron chi connectivity index (χ4n) is 8.85. The van der Waals surface area contributed by atoms with Crippen molar-refractivity contribution in [3.63, 3.8) is 0 Å². The highest BCUT2D eigenvalue weighted by atomic mass is 32.2. The van der Waals surface area contributed by atoms with E-state index < -0.39 is 163 Å². The van der Waals surface area contributed by atoms with E-state index in [4.69, 9.17) is 15.7 Å². The number of rotatable bonds is 36. The van der Waals surface area contributed by atoms with Crippen LogP contribution in [0.4, 0.5) is 0 Å². The third-order valence-electron chi connectivity index (χ3n) is 14.3. The number of nitrogens with two attached hydrogens (primary N) is 2. The summed E-state index contributed by atoms with van der Waals surface area (Å²) in [5, 5.41) is 29.9. The van der Waals surface area contributed by atoms with Crippen molar-refractivity contribution in [2.24, 2.45) is 23.3 Å². The summed E-state index contributed by atoms with van der Waals surface area (Å²) in [7, 11) is 3.93. The van der Waals surface area contributed by atoms with Gasteiger partial charge in [-0.2, -0.15) is 0 Å². The summed E-state index contributed by atoms with van der Waals surface area (Å²) in [6, 6.07) is 13.9. The molecule has 0 unspecified atom stereocenters. The molecule has 0 spiro atoms. The van der Waals surface area contributed by atoms with Crippen LogP contribution in [-0.4, -0.2) is 198 Å². The van der Waals surface area contributed by atoms with Gasteiger partial charge in [0.25, 0.3) is 0 Å². The van der Waals surface area contributed by atoms with Gasteiger partial charge >= 0.3 is 5.97 Å². The van der Waals surface area contributed by atoms with E-state index in [1.54, 1.807) is 105 Å². The molecule has 90 heavy (non-hydrogen) atoms. The molecule has 0 saturated heterocycles. The molecule has 0 heterocycles. The van der Waals surface area contributed by atoms with Crippen molar-refractivity contribution in [1.82, 2.24) is 57.2 Å². The number of carbonyl (C=O) groups is 13. The van der Waals surface area contributed by atoms with Crippen LogP contribution in [0.2, 0.25) is 0 Å². The van der Waals surface area contributed by atoms with Gasteiger partial charge in [0.15, 0.2) is 0 Å². The summed E-state index contributed by atoms with van der Waals surface area (Å²) in [5.74, 6) is -11.4. The smallest absolute Gasteiger partial charge is 0.320 e. The Bertz CT molecular complexity index is 2950. The van der Waals surface area contributed by atoms with Crippen LogP contribution in [0.15, 0.2) is 91.0 Å². The van der Waals surface area contributed by atoms with Gasteiger partial charge in [-0.05, 0) is 55.7 Å². The molecule has 28 nitrogen and oxygen atoms in total. The highest BCUT2D eigenvalue weighted by molar-refractivity contribution is 7.94. The minimum atomic E-state index is -1.75. The molecule has 0 radical (unpaired) electrons. The number of nitrogens with zero attached hydrogens (tertiary/aromatic N) is 3. The highest BCUT2D eigenvalue weighted by Gasteiger charge is 2.38. The molecule has 3 aromatic carbocycles. The second-order valence-electron chi connectivity index (χ2n) is 22.2. The molecular weight excluding hydrogens is 1190 g/mol. The number of benzene rings is 3. The largest absolute Gasteiger partial charge is 0.394 e. The number of hydrogen-bond acceptors (Lipinski definition) is 17. The molecule has 0 aromatic heterocycles. The molecule has 0 saturated carbocycles. The lowest BCUT2D eigenvalue weighted by atomic mass is 10.00. The van der Waals surface area contributed by atoms with E-state index >= 15 is 0 Å². The van der Waals surface area contributed by atoms with Crippen molar-refractivity contribution in [2.75, 3.05) is 47.4 Å². The molecule has 0 bridgehead atoms. The SMILES string of the molecule is CC(C)C[C@@H](C(=O)N[C@@H](C)C(=O)N[C@H](C(=O)N[C@@H](Cc1ccccc1)C(=O)N[C@@H](CC(=O)OSCc1ccccc1)C(=O)N(C)[C@@H](C)C(=O)N[C@@H](CO)C(=O)NCC(N)=O)C(C)C)N(C)C(=O)CNC(=O)[C@H](Cc1ccccc1)N(C)C(=O)[C@H](C)NC(=O)CN. The molecule has 0 fully saturated rings. The van der Waals surface area contributed by atoms with Crippen LogP contribution in [0.1, 0.15) is 78.0 Å². The summed E-state index contributed by atoms with van der Waals surface area (Å²) in [5.41, 5.74) is 12.5. The Balaban J connectivity index is 1.85. The molecule has 492 valence electrons. The van der Waals surface area contributed by atoms with Crippen LogP contribution in [0, 0.1) is 11.8 Å². The molecule has 0 aliphatic heterocycles. The average molecular weight is 1270 g/mol. The molecule has 3 aromatic rings. The number of primary amides is 1. The number of hydrogen-bond donors (Lipinski definition) is 11. The predicted octanol–water partition coefficient (Wildman–Crippen LogP) is -1.93. The minimum absolute atomic E-state index is 0.0432. The van der Waals surface area contributed by atoms with Crippen LogP contribution in [-0.2, 0) is 85.1 Å². The standard InChI is InChI=1S/C61H87N13O15S/c1-35(2)26-46(73(9)50(78)32-65-57(84)47(28-41-22-16-12-17-23-41)74(10)60(87)38(6)66-49(77)30-62)58(85)67-37(5)53(80)71-52(36(3)4)59(86)68-43(27-40-20-14-11-15-21-40)56(83)69-44(29-51(79)89-90-34-42-24-18-13-19-25-42)61(88)72(8)39(7)54(81)70-45(33-75)55(82)64-31-48(63)76/h11-25,35-39,43-47,52,75H,26-34,62H2,1-10H3,(H2,63,76)(H,64,82)(H,65,84)(H,66,77)(H,67,85)(H,68,86)(H,69,83)(H,70,81)(H,71,80)/t37-,38-,39-,43-,44-,45-,46-,47-,52-/m0/s1. The number of aliphatic hydroxyl groups is 1. The van der Waals surface area contributed by atoms with E-state index in [9.17, 15) is 67.4 Å². The van der Waals surface area contributed by atoms with Crippen molar-refractivity contribution >= 4 is 88.9 Å². The predicted molar refractivity (Wildman–Crippen MR) is 333 cm³/mol. The third kappa shape index (κ3) is 24.9. The number of carbonyl (C=O) groups excluding carboxylic acids is 13. The molecular formula is C61H87N13O15S. The fraction of sp³-hybridized carbons (Fsp3) is 0.492. The number of amides is 12. The fourth-order valence-corrected chi connectivity index (χ4v) is 9.43. The zero-order valence-corrected chi connectivity index (χ0v) is 53.3. The van der Waals surface area contributed by atoms with E-state index in [0.717, 1.165) is 27.4 Å². The first-order valence-corrected chi connectivity index (χ1v) is 30.1. The molecule has 0 aliphatic carbocycles. The summed E-state index contributed by atoms with van der Waals surface area (Å²) in [6.45, 7) is 8.44. The maximum absolute atomic E-state index is 14.6. The van der Waals surface area contributed by atoms with E-state index in [2.05, 4.69) is 42.5 Å². The summed E-state index contributed by atoms with van der Waals surface area (Å²) in [6.07, 6.45) is -0.822. The van der Waals surface area contributed by atoms with E-state index in [-0.39, 0.29) is 37.5 Å². The topological polar surface area (TPSA) is 409 Å². The van der Waals surface area contributed by atoms with Crippen molar-refractivity contribution < 1.29 is 71.6 Å². The third-order valence-corrected chi connectivity index (χ3v) is 15.0. The van der Waals surface area contributed by atoms with Gasteiger partial charge in [0.2, 0.25) is 70.9 Å². The lowest BCUT2D eigenvalue weighted by Gasteiger charge is -2.32. The van der Waals surface area contributed by atoms with Crippen LogP contribution in [0.25, 0.3) is 0 Å². The lowest BCUT2D eigenvalue weighted by molar-refractivity contribution is -0.145. The average Bonchev–Trinajstić information content (AvgIpc) is 2.44. The molecule has 9 atom stereocenters. The molecule has 3 rings (SSSR count). The Morgan fingerprint density at radius 2 is 1.06 bits per heavy atom. The van der Waals surface area contributed by atoms with Gasteiger partial charge in [-0.3, -0.25) is 62.3 Å². The first-order valence-electron chi connectivity index (χ1n) is 29.2. The van der Waals surface area contributed by atoms with Gasteiger partial charge in [-0.15, -0.1) is 0 Å². The van der Waals surface area contributed by atoms with E-state index in [1.807, 2.05) is 13.8 Å². The first kappa shape index (κ1) is 75.3. The summed E-state index contributed by atoms with van der Waals surface area (Å²) in [4.78, 5) is 179. The van der Waals surface area contributed by atoms with Crippen LogP contribution < -0.4 is 54.0 Å². The van der Waals surface area contributed by atoms with Gasteiger partial charge in [0.05, 0.1) is 50.5 Å². The van der Waals surface area contributed by atoms with Crippen molar-refractivity contribution in [3.8, 4) is 0 Å². The first-order chi connectivity index (χ1) is 42.5. The Hall–Kier alpha value is -8.96. The molecule has 13 N–H and O–H groups in total. The van der Waals surface area contributed by atoms with Gasteiger partial charge in [-0.25, -0.2) is 0 Å². The zero-order valence-electron chi connectivity index (χ0n) is 52.4.